The second-order valence-corrected chi connectivity index (χ2v) is 6.81. The lowest BCUT2D eigenvalue weighted by Crippen LogP contribution is -2.43. The summed E-state index contributed by atoms with van der Waals surface area (Å²) in [7, 11) is 0. The Labute approximate surface area is 129 Å². The van der Waals surface area contributed by atoms with Crippen molar-refractivity contribution in [3.05, 3.63) is 35.9 Å². The highest BCUT2D eigenvalue weighted by molar-refractivity contribution is 7.99. The minimum Gasteiger partial charge on any atom is -0.481 e. The van der Waals surface area contributed by atoms with Crippen molar-refractivity contribution in [3.8, 4) is 0 Å². The molecule has 1 fully saturated rings. The monoisotopic (exact) mass is 307 g/mol. The number of hydrogen-bond donors (Lipinski definition) is 2. The van der Waals surface area contributed by atoms with Crippen molar-refractivity contribution in [2.24, 2.45) is 0 Å². The first-order chi connectivity index (χ1) is 10.0. The Kier molecular flexibility index (Phi) is 5.28. The van der Waals surface area contributed by atoms with Crippen molar-refractivity contribution in [2.45, 2.75) is 37.6 Å². The molecule has 1 aromatic rings. The number of benzene rings is 1. The van der Waals surface area contributed by atoms with Crippen molar-refractivity contribution in [1.82, 2.24) is 5.32 Å². The van der Waals surface area contributed by atoms with Gasteiger partial charge in [-0.15, -0.1) is 0 Å². The average molecular weight is 307 g/mol. The van der Waals surface area contributed by atoms with E-state index in [0.29, 0.717) is 5.56 Å². The molecule has 0 radical (unpaired) electrons. The van der Waals surface area contributed by atoms with Crippen LogP contribution in [-0.4, -0.2) is 34.5 Å². The summed E-state index contributed by atoms with van der Waals surface area (Å²) in [5, 5.41) is 12.5. The molecule has 1 heterocycles. The molecule has 0 aromatic heterocycles. The van der Waals surface area contributed by atoms with Crippen LogP contribution in [0.4, 0.5) is 0 Å². The number of carboxylic acids is 1. The van der Waals surface area contributed by atoms with Gasteiger partial charge in [-0.2, -0.15) is 11.8 Å². The lowest BCUT2D eigenvalue weighted by atomic mass is 9.79. The van der Waals surface area contributed by atoms with E-state index < -0.39 is 11.4 Å². The summed E-state index contributed by atoms with van der Waals surface area (Å²) in [6.07, 6.45) is 2.05. The smallest absolute Gasteiger partial charge is 0.314 e. The Morgan fingerprint density at radius 2 is 2.10 bits per heavy atom. The normalized spacial score (nSPS) is 21.3. The first-order valence-electron chi connectivity index (χ1n) is 7.18. The number of aliphatic carboxylic acids is 1. The van der Waals surface area contributed by atoms with Gasteiger partial charge in [0.2, 0.25) is 5.91 Å². The van der Waals surface area contributed by atoms with Crippen molar-refractivity contribution in [3.63, 3.8) is 0 Å². The van der Waals surface area contributed by atoms with Crippen molar-refractivity contribution >= 4 is 23.6 Å². The maximum atomic E-state index is 12.2. The van der Waals surface area contributed by atoms with E-state index >= 15 is 0 Å². The zero-order chi connectivity index (χ0) is 15.3. The third kappa shape index (κ3) is 4.00. The second kappa shape index (κ2) is 6.98. The van der Waals surface area contributed by atoms with Gasteiger partial charge in [0, 0.05) is 18.2 Å². The van der Waals surface area contributed by atoms with Gasteiger partial charge in [-0.05, 0) is 31.1 Å². The van der Waals surface area contributed by atoms with Crippen LogP contribution in [0.25, 0.3) is 0 Å². The first-order valence-corrected chi connectivity index (χ1v) is 8.34. The Morgan fingerprint density at radius 1 is 1.38 bits per heavy atom. The zero-order valence-electron chi connectivity index (χ0n) is 12.2. The van der Waals surface area contributed by atoms with Gasteiger partial charge in [-0.3, -0.25) is 9.59 Å². The fourth-order valence-electron chi connectivity index (χ4n) is 2.56. The van der Waals surface area contributed by atoms with E-state index in [9.17, 15) is 14.7 Å². The summed E-state index contributed by atoms with van der Waals surface area (Å²) in [5.74, 6) is 0.905. The van der Waals surface area contributed by atoms with E-state index in [-0.39, 0.29) is 18.4 Å². The number of carbonyl (C=O) groups is 2. The number of amides is 1. The maximum Gasteiger partial charge on any atom is 0.314 e. The van der Waals surface area contributed by atoms with Gasteiger partial charge in [0.25, 0.3) is 0 Å². The molecule has 5 heteroatoms. The van der Waals surface area contributed by atoms with Crippen LogP contribution in [0.1, 0.15) is 31.7 Å². The SMILES string of the molecule is CC(CC(=O)NC1CCCSC1)(C(=O)O)c1ccccc1. The van der Waals surface area contributed by atoms with Gasteiger partial charge < -0.3 is 10.4 Å². The van der Waals surface area contributed by atoms with Crippen molar-refractivity contribution < 1.29 is 14.7 Å². The van der Waals surface area contributed by atoms with Gasteiger partial charge in [-0.25, -0.2) is 0 Å². The molecule has 0 saturated carbocycles. The highest BCUT2D eigenvalue weighted by Crippen LogP contribution is 2.28. The Bertz CT molecular complexity index is 500. The van der Waals surface area contributed by atoms with Crippen molar-refractivity contribution in [1.29, 1.82) is 0 Å². The Hall–Kier alpha value is -1.49. The molecule has 1 amide bonds. The topological polar surface area (TPSA) is 66.4 Å². The molecule has 0 bridgehead atoms. The van der Waals surface area contributed by atoms with Crippen LogP contribution >= 0.6 is 11.8 Å². The van der Waals surface area contributed by atoms with Crippen molar-refractivity contribution in [2.75, 3.05) is 11.5 Å². The summed E-state index contributed by atoms with van der Waals surface area (Å²) in [6.45, 7) is 1.61. The lowest BCUT2D eigenvalue weighted by Gasteiger charge is -2.27. The summed E-state index contributed by atoms with van der Waals surface area (Å²) < 4.78 is 0. The molecule has 2 N–H and O–H groups in total. The Morgan fingerprint density at radius 3 is 2.67 bits per heavy atom. The summed E-state index contributed by atoms with van der Waals surface area (Å²) >= 11 is 1.83. The summed E-state index contributed by atoms with van der Waals surface area (Å²) in [6, 6.07) is 9.13. The van der Waals surface area contributed by atoms with Gasteiger partial charge >= 0.3 is 5.97 Å². The molecule has 1 saturated heterocycles. The number of nitrogens with one attached hydrogen (secondary N) is 1. The lowest BCUT2D eigenvalue weighted by molar-refractivity contribution is -0.145. The van der Waals surface area contributed by atoms with Crippen LogP contribution in [-0.2, 0) is 15.0 Å². The molecule has 2 unspecified atom stereocenters. The Balaban J connectivity index is 2.05. The number of hydrogen-bond acceptors (Lipinski definition) is 3. The highest BCUT2D eigenvalue weighted by Gasteiger charge is 2.37. The minimum absolute atomic E-state index is 0.0342. The number of carbonyl (C=O) groups excluding carboxylic acids is 1. The number of carboxylic acid groups (broad SMARTS) is 1. The van der Waals surface area contributed by atoms with E-state index in [1.807, 2.05) is 17.8 Å². The molecule has 0 spiro atoms. The van der Waals surface area contributed by atoms with Gasteiger partial charge in [0.05, 0.1) is 5.41 Å². The van der Waals surface area contributed by atoms with E-state index in [0.717, 1.165) is 24.3 Å². The second-order valence-electron chi connectivity index (χ2n) is 5.66. The fraction of sp³-hybridized carbons (Fsp3) is 0.500. The average Bonchev–Trinajstić information content (AvgIpc) is 2.48. The number of rotatable bonds is 5. The van der Waals surface area contributed by atoms with Crippen LogP contribution in [0.2, 0.25) is 0 Å². The standard InChI is InChI=1S/C16H21NO3S/c1-16(15(19)20,12-6-3-2-4-7-12)10-14(18)17-13-8-5-9-21-11-13/h2-4,6-7,13H,5,8-11H2,1H3,(H,17,18)(H,19,20). The number of thioether (sulfide) groups is 1. The predicted molar refractivity (Wildman–Crippen MR) is 84.5 cm³/mol. The zero-order valence-corrected chi connectivity index (χ0v) is 13.0. The van der Waals surface area contributed by atoms with Crippen LogP contribution in [0.3, 0.4) is 0 Å². The molecule has 1 aromatic carbocycles. The molecule has 2 rings (SSSR count). The fourth-order valence-corrected chi connectivity index (χ4v) is 3.63. The largest absolute Gasteiger partial charge is 0.481 e. The maximum absolute atomic E-state index is 12.2. The molecule has 1 aliphatic heterocycles. The molecule has 0 aliphatic carbocycles. The van der Waals surface area contributed by atoms with E-state index in [1.54, 1.807) is 31.2 Å². The molecule has 4 nitrogen and oxygen atoms in total. The van der Waals surface area contributed by atoms with Gasteiger partial charge in [0.1, 0.15) is 0 Å². The van der Waals surface area contributed by atoms with Crippen LogP contribution in [0, 0.1) is 0 Å². The van der Waals surface area contributed by atoms with Gasteiger partial charge in [-0.1, -0.05) is 30.3 Å². The van der Waals surface area contributed by atoms with Crippen LogP contribution < -0.4 is 5.32 Å². The van der Waals surface area contributed by atoms with Crippen LogP contribution in [0.5, 0.6) is 0 Å². The molecule has 114 valence electrons. The van der Waals surface area contributed by atoms with E-state index in [1.165, 1.54) is 0 Å². The molecule has 21 heavy (non-hydrogen) atoms. The molecule has 1 aliphatic rings. The summed E-state index contributed by atoms with van der Waals surface area (Å²) in [5.41, 5.74) is -0.529. The molecular formula is C16H21NO3S. The van der Waals surface area contributed by atoms with Gasteiger partial charge in [0.15, 0.2) is 0 Å². The quantitative estimate of drug-likeness (QED) is 0.877. The first kappa shape index (κ1) is 15.9. The van der Waals surface area contributed by atoms with E-state index in [4.69, 9.17) is 0 Å². The highest BCUT2D eigenvalue weighted by atomic mass is 32.2. The predicted octanol–water partition coefficient (Wildman–Crippen LogP) is 2.43. The third-order valence-corrected chi connectivity index (χ3v) is 5.14. The third-order valence-electron chi connectivity index (χ3n) is 3.92. The van der Waals surface area contributed by atoms with Crippen LogP contribution in [0.15, 0.2) is 30.3 Å². The summed E-state index contributed by atoms with van der Waals surface area (Å²) in [4.78, 5) is 23.9. The minimum atomic E-state index is -1.19. The van der Waals surface area contributed by atoms with E-state index in [2.05, 4.69) is 5.32 Å². The molecule has 2 atom stereocenters. The molecular weight excluding hydrogens is 286 g/mol.